The summed E-state index contributed by atoms with van der Waals surface area (Å²) in [6.45, 7) is 0. The smallest absolute Gasteiger partial charge is 0.239 e. The minimum atomic E-state index is 0. The van der Waals surface area contributed by atoms with Crippen molar-refractivity contribution in [2.24, 2.45) is 14.1 Å². The molecule has 0 radical (unpaired) electrons. The Kier molecular flexibility index (Phi) is 10.6. The van der Waals surface area contributed by atoms with Crippen LogP contribution < -0.4 is 43.1 Å². The van der Waals surface area contributed by atoms with Gasteiger partial charge in [0.15, 0.2) is 12.4 Å². The maximum absolute atomic E-state index is 2.16. The molecule has 0 fully saturated rings. The summed E-state index contributed by atoms with van der Waals surface area (Å²) in [5, 5.41) is 2.63. The summed E-state index contributed by atoms with van der Waals surface area (Å²) in [4.78, 5) is 0. The minimum absolute atomic E-state index is 0. The zero-order valence-electron chi connectivity index (χ0n) is 11.5. The molecule has 0 amide bonds. The number of aryl methyl sites for hydroxylation is 2. The predicted molar refractivity (Wildman–Crippen MR) is 76.7 cm³/mol. The number of rotatable bonds is 5. The average Bonchev–Trinajstić information content (AvgIpc) is 2.38. The van der Waals surface area contributed by atoms with Gasteiger partial charge in [-0.3, -0.25) is 0 Å². The number of hydrogen-bond acceptors (Lipinski definition) is 2. The van der Waals surface area contributed by atoms with Crippen molar-refractivity contribution < 1.29 is 43.1 Å². The number of thioether (sulfide) groups is 2. The minimum Gasteiger partial charge on any atom is -1.00 e. The zero-order chi connectivity index (χ0) is 12.8. The molecule has 2 heterocycles. The molecule has 0 aliphatic carbocycles. The van der Waals surface area contributed by atoms with Crippen LogP contribution in [0.25, 0.3) is 0 Å². The van der Waals surface area contributed by atoms with Gasteiger partial charge < -0.3 is 34.0 Å². The van der Waals surface area contributed by atoms with E-state index in [1.807, 2.05) is 23.5 Å². The molecule has 0 unspecified atom stereocenters. The third-order valence-corrected chi connectivity index (χ3v) is 5.11. The second-order valence-corrected chi connectivity index (χ2v) is 6.23. The van der Waals surface area contributed by atoms with Crippen LogP contribution in [-0.4, -0.2) is 11.5 Å². The lowest BCUT2D eigenvalue weighted by Gasteiger charge is -2.00. The van der Waals surface area contributed by atoms with Crippen molar-refractivity contribution in [2.75, 3.05) is 11.5 Å². The fourth-order valence-electron chi connectivity index (χ4n) is 1.61. The highest BCUT2D eigenvalue weighted by atomic mass is 79.9. The van der Waals surface area contributed by atoms with Crippen molar-refractivity contribution in [3.05, 3.63) is 48.8 Å². The second-order valence-electron chi connectivity index (χ2n) is 4.00. The number of halogens is 2. The number of pyridine rings is 2. The Balaban J connectivity index is 0.00000180. The van der Waals surface area contributed by atoms with Crippen LogP contribution in [0, 0.1) is 0 Å². The average molecular weight is 438 g/mol. The van der Waals surface area contributed by atoms with Crippen molar-refractivity contribution in [2.45, 2.75) is 10.1 Å². The fraction of sp³-hybridized carbons (Fsp3) is 0.286. The highest BCUT2D eigenvalue weighted by Gasteiger charge is 2.08. The normalized spacial score (nSPS) is 9.50. The van der Waals surface area contributed by atoms with Gasteiger partial charge in [-0.05, 0) is 12.1 Å². The Morgan fingerprint density at radius 3 is 1.50 bits per heavy atom. The van der Waals surface area contributed by atoms with Crippen LogP contribution in [0.1, 0.15) is 0 Å². The van der Waals surface area contributed by atoms with Gasteiger partial charge in [-0.25, -0.2) is 0 Å². The quantitative estimate of drug-likeness (QED) is 0.269. The van der Waals surface area contributed by atoms with Gasteiger partial charge >= 0.3 is 0 Å². The highest BCUT2D eigenvalue weighted by molar-refractivity contribution is 8.02. The lowest BCUT2D eigenvalue weighted by molar-refractivity contribution is -0.709. The molecule has 20 heavy (non-hydrogen) atoms. The van der Waals surface area contributed by atoms with Crippen LogP contribution in [-0.2, 0) is 14.1 Å². The monoisotopic (exact) mass is 436 g/mol. The molecule has 0 bridgehead atoms. The second kappa shape index (κ2) is 10.7. The largest absolute Gasteiger partial charge is 1.00 e. The maximum Gasteiger partial charge on any atom is 0.239 e. The SMILES string of the molecule is C[n+]1ccccc1SCCSc1cccc[n+]1C.[Br-].[Br-]. The molecule has 0 saturated heterocycles. The van der Waals surface area contributed by atoms with Crippen molar-refractivity contribution in [1.82, 2.24) is 0 Å². The van der Waals surface area contributed by atoms with Gasteiger partial charge in [0, 0.05) is 35.8 Å². The van der Waals surface area contributed by atoms with E-state index in [0.29, 0.717) is 0 Å². The lowest BCUT2D eigenvalue weighted by Crippen LogP contribution is -3.00. The van der Waals surface area contributed by atoms with Crippen LogP contribution in [0.5, 0.6) is 0 Å². The van der Waals surface area contributed by atoms with E-state index in [2.05, 4.69) is 72.0 Å². The molecule has 0 aliphatic rings. The van der Waals surface area contributed by atoms with Crippen molar-refractivity contribution in [1.29, 1.82) is 0 Å². The molecule has 6 heteroatoms. The summed E-state index contributed by atoms with van der Waals surface area (Å²) in [5.74, 6) is 2.24. The Morgan fingerprint density at radius 2 is 1.15 bits per heavy atom. The van der Waals surface area contributed by atoms with Gasteiger partial charge in [0.05, 0.1) is 0 Å². The van der Waals surface area contributed by atoms with Gasteiger partial charge in [-0.1, -0.05) is 23.5 Å². The van der Waals surface area contributed by atoms with Gasteiger partial charge in [-0.15, -0.1) is 0 Å². The highest BCUT2D eigenvalue weighted by Crippen LogP contribution is 2.18. The Labute approximate surface area is 150 Å². The Morgan fingerprint density at radius 1 is 0.750 bits per heavy atom. The van der Waals surface area contributed by atoms with Crippen molar-refractivity contribution >= 4 is 23.5 Å². The van der Waals surface area contributed by atoms with Gasteiger partial charge in [0.25, 0.3) is 0 Å². The third-order valence-electron chi connectivity index (χ3n) is 2.60. The predicted octanol–water partition coefficient (Wildman–Crippen LogP) is -3.77. The molecule has 0 aromatic carbocycles. The molecule has 2 rings (SSSR count). The molecular weight excluding hydrogens is 420 g/mol. The topological polar surface area (TPSA) is 7.76 Å². The first-order chi connectivity index (χ1) is 8.77. The first-order valence-corrected chi connectivity index (χ1v) is 7.89. The van der Waals surface area contributed by atoms with Crippen LogP contribution in [0.2, 0.25) is 0 Å². The van der Waals surface area contributed by atoms with Crippen LogP contribution in [0.3, 0.4) is 0 Å². The standard InChI is InChI=1S/C14H18N2S2.2BrH/c1-15-9-5-3-7-13(15)17-11-12-18-14-8-4-6-10-16(14)2;;/h3-10H,11-12H2,1-2H3;2*1H/q+2;;/p-2. The summed E-state index contributed by atoms with van der Waals surface area (Å²) < 4.78 is 4.33. The molecule has 0 atom stereocenters. The summed E-state index contributed by atoms with van der Waals surface area (Å²) in [6.07, 6.45) is 4.18. The van der Waals surface area contributed by atoms with Crippen LogP contribution in [0.15, 0.2) is 58.8 Å². The van der Waals surface area contributed by atoms with E-state index >= 15 is 0 Å². The molecule has 0 spiro atoms. The zero-order valence-corrected chi connectivity index (χ0v) is 16.3. The molecule has 2 aromatic rings. The number of nitrogens with zero attached hydrogens (tertiary/aromatic N) is 2. The Bertz CT molecular complexity index is 477. The van der Waals surface area contributed by atoms with E-state index in [4.69, 9.17) is 0 Å². The molecule has 2 aromatic heterocycles. The summed E-state index contributed by atoms with van der Waals surface area (Å²) in [6, 6.07) is 12.6. The van der Waals surface area contributed by atoms with E-state index in [9.17, 15) is 0 Å². The molecular formula is C14H18Br2N2S2. The third kappa shape index (κ3) is 6.16. The number of hydrogen-bond donors (Lipinski definition) is 0. The molecule has 0 saturated carbocycles. The molecule has 0 aliphatic heterocycles. The first kappa shape index (κ1) is 20.0. The first-order valence-electron chi connectivity index (χ1n) is 5.92. The van der Waals surface area contributed by atoms with E-state index < -0.39 is 0 Å². The van der Waals surface area contributed by atoms with Gasteiger partial charge in [-0.2, -0.15) is 9.13 Å². The van der Waals surface area contributed by atoms with Crippen molar-refractivity contribution in [3.63, 3.8) is 0 Å². The number of aromatic nitrogens is 2. The van der Waals surface area contributed by atoms with Gasteiger partial charge in [0.1, 0.15) is 14.1 Å². The van der Waals surface area contributed by atoms with E-state index in [-0.39, 0.29) is 34.0 Å². The van der Waals surface area contributed by atoms with Crippen LogP contribution >= 0.6 is 23.5 Å². The molecule has 0 N–H and O–H groups in total. The van der Waals surface area contributed by atoms with E-state index in [1.165, 1.54) is 10.1 Å². The summed E-state index contributed by atoms with van der Waals surface area (Å²) >= 11 is 3.81. The Hall–Kier alpha value is -0.0400. The van der Waals surface area contributed by atoms with Crippen LogP contribution in [0.4, 0.5) is 0 Å². The van der Waals surface area contributed by atoms with Crippen molar-refractivity contribution in [3.8, 4) is 0 Å². The summed E-state index contributed by atoms with van der Waals surface area (Å²) in [7, 11) is 4.18. The lowest BCUT2D eigenvalue weighted by atomic mass is 10.5. The van der Waals surface area contributed by atoms with Gasteiger partial charge in [0.2, 0.25) is 10.1 Å². The van der Waals surface area contributed by atoms with E-state index in [0.717, 1.165) is 11.5 Å². The van der Waals surface area contributed by atoms with E-state index in [1.54, 1.807) is 0 Å². The summed E-state index contributed by atoms with van der Waals surface area (Å²) in [5.41, 5.74) is 0. The molecule has 110 valence electrons. The fourth-order valence-corrected chi connectivity index (χ4v) is 3.57. The maximum atomic E-state index is 2.16. The molecule has 2 nitrogen and oxygen atoms in total.